The number of rotatable bonds is 4. The normalized spacial score (nSPS) is 11.1. The molecule has 0 bridgehead atoms. The van der Waals surface area contributed by atoms with Gasteiger partial charge in [-0.2, -0.15) is 0 Å². The first kappa shape index (κ1) is 18.2. The van der Waals surface area contributed by atoms with Crippen molar-refractivity contribution in [2.24, 2.45) is 0 Å². The minimum atomic E-state index is 0.0912. The number of halogens is 1. The van der Waals surface area contributed by atoms with Gasteiger partial charge in [-0.1, -0.05) is 35.9 Å². The second kappa shape index (κ2) is 7.44. The van der Waals surface area contributed by atoms with Crippen molar-refractivity contribution in [1.29, 1.82) is 0 Å². The molecule has 2 aromatic carbocycles. The summed E-state index contributed by atoms with van der Waals surface area (Å²) in [6.45, 7) is 4.04. The maximum Gasteiger partial charge on any atom is 0.223 e. The molecule has 6 heteroatoms. The van der Waals surface area contributed by atoms with Crippen LogP contribution in [0.5, 0.6) is 5.75 Å². The highest BCUT2D eigenvalue weighted by Crippen LogP contribution is 2.44. The minimum absolute atomic E-state index is 0.0912. The lowest BCUT2D eigenvalue weighted by atomic mass is 9.96. The fraction of sp³-hybridized carbons (Fsp3) is 0.136. The van der Waals surface area contributed by atoms with E-state index in [4.69, 9.17) is 11.6 Å². The van der Waals surface area contributed by atoms with Gasteiger partial charge in [-0.25, -0.2) is 9.97 Å². The molecule has 0 spiro atoms. The third kappa shape index (κ3) is 3.37. The van der Waals surface area contributed by atoms with Crippen LogP contribution in [0, 0.1) is 0 Å². The highest BCUT2D eigenvalue weighted by molar-refractivity contribution is 6.33. The Bertz CT molecular complexity index is 1150. The number of fused-ring (bicyclic) bond motifs is 1. The standard InChI is InChI=1S/C22H19ClN4O/c1-13(2)26-22-25-12-14-11-16(15-7-3-4-8-17(15)23)21(28)19(20(14)27-22)18-9-5-6-10-24-18/h3-13,28H,1-2H3,(H,25,26,27). The molecule has 0 aliphatic carbocycles. The van der Waals surface area contributed by atoms with Crippen molar-refractivity contribution in [3.8, 4) is 28.1 Å². The quantitative estimate of drug-likeness (QED) is 0.478. The summed E-state index contributed by atoms with van der Waals surface area (Å²) in [6.07, 6.45) is 3.44. The van der Waals surface area contributed by atoms with E-state index in [0.29, 0.717) is 33.3 Å². The van der Waals surface area contributed by atoms with Crippen molar-refractivity contribution >= 4 is 28.5 Å². The van der Waals surface area contributed by atoms with Crippen LogP contribution in [0.1, 0.15) is 13.8 Å². The number of anilines is 1. The van der Waals surface area contributed by atoms with Gasteiger partial charge in [0.15, 0.2) is 0 Å². The van der Waals surface area contributed by atoms with Crippen LogP contribution in [-0.2, 0) is 0 Å². The number of aromatic nitrogens is 3. The van der Waals surface area contributed by atoms with Crippen LogP contribution in [-0.4, -0.2) is 26.1 Å². The van der Waals surface area contributed by atoms with Gasteiger partial charge >= 0.3 is 0 Å². The molecule has 4 rings (SSSR count). The summed E-state index contributed by atoms with van der Waals surface area (Å²) in [5, 5.41) is 15.8. The first-order chi connectivity index (χ1) is 13.5. The van der Waals surface area contributed by atoms with Gasteiger partial charge in [0, 0.05) is 40.0 Å². The molecule has 0 saturated carbocycles. The number of aromatic hydroxyl groups is 1. The Labute approximate surface area is 168 Å². The molecular formula is C22H19ClN4O. The fourth-order valence-corrected chi connectivity index (χ4v) is 3.37. The minimum Gasteiger partial charge on any atom is -0.507 e. The van der Waals surface area contributed by atoms with Crippen LogP contribution in [0.2, 0.25) is 5.02 Å². The molecule has 5 nitrogen and oxygen atoms in total. The van der Waals surface area contributed by atoms with Crippen LogP contribution < -0.4 is 5.32 Å². The van der Waals surface area contributed by atoms with Crippen molar-refractivity contribution < 1.29 is 5.11 Å². The number of nitrogens with one attached hydrogen (secondary N) is 1. The molecule has 4 aromatic rings. The smallest absolute Gasteiger partial charge is 0.223 e. The van der Waals surface area contributed by atoms with Crippen LogP contribution in [0.15, 0.2) is 60.9 Å². The molecule has 2 N–H and O–H groups in total. The number of nitrogens with zero attached hydrogens (tertiary/aromatic N) is 3. The monoisotopic (exact) mass is 390 g/mol. The SMILES string of the molecule is CC(C)Nc1ncc2cc(-c3ccccc3Cl)c(O)c(-c3ccccn3)c2n1. The van der Waals surface area contributed by atoms with E-state index in [1.807, 2.05) is 56.3 Å². The van der Waals surface area contributed by atoms with Crippen molar-refractivity contribution in [1.82, 2.24) is 15.0 Å². The Morgan fingerprint density at radius 3 is 2.50 bits per heavy atom. The van der Waals surface area contributed by atoms with E-state index in [1.165, 1.54) is 0 Å². The lowest BCUT2D eigenvalue weighted by Crippen LogP contribution is -2.12. The van der Waals surface area contributed by atoms with Crippen molar-refractivity contribution in [2.45, 2.75) is 19.9 Å². The molecular weight excluding hydrogens is 372 g/mol. The molecule has 0 radical (unpaired) electrons. The first-order valence-electron chi connectivity index (χ1n) is 9.00. The molecule has 0 unspecified atom stereocenters. The number of pyridine rings is 1. The van der Waals surface area contributed by atoms with E-state index < -0.39 is 0 Å². The zero-order valence-electron chi connectivity index (χ0n) is 15.5. The van der Waals surface area contributed by atoms with Crippen molar-refractivity contribution in [3.05, 3.63) is 65.9 Å². The molecule has 2 aromatic heterocycles. The third-order valence-corrected chi connectivity index (χ3v) is 4.68. The van der Waals surface area contributed by atoms with Gasteiger partial charge in [-0.15, -0.1) is 0 Å². The molecule has 0 aliphatic rings. The molecule has 0 saturated heterocycles. The average molecular weight is 391 g/mol. The molecule has 0 atom stereocenters. The average Bonchev–Trinajstić information content (AvgIpc) is 2.68. The Hall–Kier alpha value is -3.18. The number of benzene rings is 2. The Kier molecular flexibility index (Phi) is 4.84. The van der Waals surface area contributed by atoms with E-state index in [2.05, 4.69) is 20.3 Å². The van der Waals surface area contributed by atoms with Gasteiger partial charge in [0.2, 0.25) is 5.95 Å². The third-order valence-electron chi connectivity index (χ3n) is 4.35. The molecule has 28 heavy (non-hydrogen) atoms. The van der Waals surface area contributed by atoms with Crippen LogP contribution in [0.4, 0.5) is 5.95 Å². The van der Waals surface area contributed by atoms with Gasteiger partial charge in [0.1, 0.15) is 5.75 Å². The Morgan fingerprint density at radius 2 is 1.79 bits per heavy atom. The Morgan fingerprint density at radius 1 is 1.00 bits per heavy atom. The Balaban J connectivity index is 2.05. The predicted octanol–water partition coefficient (Wildman–Crippen LogP) is 5.54. The van der Waals surface area contributed by atoms with Crippen molar-refractivity contribution in [3.63, 3.8) is 0 Å². The second-order valence-corrected chi connectivity index (χ2v) is 7.18. The maximum absolute atomic E-state index is 11.2. The molecule has 0 fully saturated rings. The van der Waals surface area contributed by atoms with Crippen LogP contribution >= 0.6 is 11.6 Å². The lowest BCUT2D eigenvalue weighted by molar-refractivity contribution is 0.479. The van der Waals surface area contributed by atoms with E-state index in [0.717, 1.165) is 10.9 Å². The largest absolute Gasteiger partial charge is 0.507 e. The fourth-order valence-electron chi connectivity index (χ4n) is 3.13. The second-order valence-electron chi connectivity index (χ2n) is 6.77. The molecule has 0 amide bonds. The summed E-state index contributed by atoms with van der Waals surface area (Å²) >= 11 is 6.39. The predicted molar refractivity (Wildman–Crippen MR) is 114 cm³/mol. The number of phenolic OH excluding ortho intramolecular Hbond substituents is 1. The van der Waals surface area contributed by atoms with Gasteiger partial charge in [-0.05, 0) is 38.1 Å². The van der Waals surface area contributed by atoms with Gasteiger partial charge < -0.3 is 10.4 Å². The summed E-state index contributed by atoms with van der Waals surface area (Å²) in [5.41, 5.74) is 3.18. The van der Waals surface area contributed by atoms with Crippen LogP contribution in [0.25, 0.3) is 33.3 Å². The molecule has 0 aliphatic heterocycles. The zero-order valence-corrected chi connectivity index (χ0v) is 16.3. The topological polar surface area (TPSA) is 70.9 Å². The number of phenols is 1. The zero-order chi connectivity index (χ0) is 19.7. The van der Waals surface area contributed by atoms with Gasteiger partial charge in [0.05, 0.1) is 16.8 Å². The van der Waals surface area contributed by atoms with Crippen molar-refractivity contribution in [2.75, 3.05) is 5.32 Å². The number of hydrogen-bond donors (Lipinski definition) is 2. The highest BCUT2D eigenvalue weighted by Gasteiger charge is 2.20. The van der Waals surface area contributed by atoms with E-state index in [-0.39, 0.29) is 11.8 Å². The first-order valence-corrected chi connectivity index (χ1v) is 9.38. The van der Waals surface area contributed by atoms with Gasteiger partial charge in [-0.3, -0.25) is 4.98 Å². The molecule has 2 heterocycles. The summed E-state index contributed by atoms with van der Waals surface area (Å²) in [6, 6.07) is 15.0. The maximum atomic E-state index is 11.2. The van der Waals surface area contributed by atoms with E-state index >= 15 is 0 Å². The summed E-state index contributed by atoms with van der Waals surface area (Å²) in [5.74, 6) is 0.595. The van der Waals surface area contributed by atoms with Gasteiger partial charge in [0.25, 0.3) is 0 Å². The lowest BCUT2D eigenvalue weighted by Gasteiger charge is -2.15. The number of hydrogen-bond acceptors (Lipinski definition) is 5. The summed E-state index contributed by atoms with van der Waals surface area (Å²) in [7, 11) is 0. The summed E-state index contributed by atoms with van der Waals surface area (Å²) < 4.78 is 0. The highest BCUT2D eigenvalue weighted by atomic mass is 35.5. The van der Waals surface area contributed by atoms with E-state index in [1.54, 1.807) is 18.5 Å². The van der Waals surface area contributed by atoms with E-state index in [9.17, 15) is 5.11 Å². The molecule has 140 valence electrons. The summed E-state index contributed by atoms with van der Waals surface area (Å²) in [4.78, 5) is 13.5. The van der Waals surface area contributed by atoms with Crippen LogP contribution in [0.3, 0.4) is 0 Å².